The van der Waals surface area contributed by atoms with Gasteiger partial charge in [0, 0.05) is 24.8 Å². The molecule has 2 aliphatic heterocycles. The van der Waals surface area contributed by atoms with Crippen molar-refractivity contribution in [2.45, 2.75) is 31.0 Å². The van der Waals surface area contributed by atoms with Crippen molar-refractivity contribution in [2.75, 3.05) is 38.8 Å². The highest BCUT2D eigenvalue weighted by atomic mass is 16.7. The molecule has 2 amide bonds. The average molecular weight is 382 g/mol. The highest BCUT2D eigenvalue weighted by Gasteiger charge is 2.40. The third-order valence-corrected chi connectivity index (χ3v) is 4.52. The number of hydrogen-bond acceptors (Lipinski definition) is 8. The van der Waals surface area contributed by atoms with Crippen LogP contribution >= 0.6 is 0 Å². The van der Waals surface area contributed by atoms with Gasteiger partial charge < -0.3 is 45.7 Å². The number of urea groups is 1. The minimum absolute atomic E-state index is 0.187. The van der Waals surface area contributed by atoms with Crippen LogP contribution in [0, 0.1) is 0 Å². The van der Waals surface area contributed by atoms with Crippen LogP contribution in [0.2, 0.25) is 0 Å². The van der Waals surface area contributed by atoms with Crippen LogP contribution in [0.25, 0.3) is 0 Å². The van der Waals surface area contributed by atoms with Crippen molar-refractivity contribution < 1.29 is 29.2 Å². The molecule has 3 rings (SSSR count). The van der Waals surface area contributed by atoms with E-state index in [0.717, 1.165) is 0 Å². The fraction of sp³-hybridized carbons (Fsp3) is 0.588. The molecule has 2 heterocycles. The van der Waals surface area contributed by atoms with Crippen molar-refractivity contribution in [1.82, 2.24) is 10.2 Å². The van der Waals surface area contributed by atoms with E-state index in [1.807, 2.05) is 11.9 Å². The van der Waals surface area contributed by atoms with Gasteiger partial charge in [0.2, 0.25) is 6.79 Å². The van der Waals surface area contributed by atoms with Crippen molar-refractivity contribution in [1.29, 1.82) is 0 Å². The Hall–Kier alpha value is -2.11. The van der Waals surface area contributed by atoms with E-state index in [0.29, 0.717) is 43.2 Å². The monoisotopic (exact) mass is 382 g/mol. The summed E-state index contributed by atoms with van der Waals surface area (Å²) in [7, 11) is 1.87. The minimum Gasteiger partial charge on any atom is -0.454 e. The first-order valence-corrected chi connectivity index (χ1v) is 8.84. The molecule has 27 heavy (non-hydrogen) atoms. The summed E-state index contributed by atoms with van der Waals surface area (Å²) in [6, 6.07) is 4.89. The first-order valence-electron chi connectivity index (χ1n) is 8.84. The second-order valence-corrected chi connectivity index (χ2v) is 6.69. The first kappa shape index (κ1) is 19.6. The zero-order valence-electron chi connectivity index (χ0n) is 15.1. The van der Waals surface area contributed by atoms with Crippen LogP contribution in [-0.4, -0.2) is 79.2 Å². The van der Waals surface area contributed by atoms with Crippen LogP contribution in [-0.2, 0) is 4.74 Å². The Kier molecular flexibility index (Phi) is 6.34. The molecule has 150 valence electrons. The number of nitrogens with zero attached hydrogens (tertiary/aromatic N) is 1. The van der Waals surface area contributed by atoms with E-state index in [2.05, 4.69) is 10.6 Å². The molecule has 0 aliphatic carbocycles. The summed E-state index contributed by atoms with van der Waals surface area (Å²) in [4.78, 5) is 13.9. The molecule has 2 aliphatic rings. The van der Waals surface area contributed by atoms with Gasteiger partial charge in [0.25, 0.3) is 0 Å². The van der Waals surface area contributed by atoms with Crippen molar-refractivity contribution in [3.63, 3.8) is 0 Å². The minimum atomic E-state index is -1.06. The van der Waals surface area contributed by atoms with E-state index in [1.165, 1.54) is 0 Å². The van der Waals surface area contributed by atoms with Gasteiger partial charge in [-0.3, -0.25) is 0 Å². The smallest absolute Gasteiger partial charge is 0.319 e. The molecule has 1 fully saturated rings. The topological polar surface area (TPSA) is 139 Å². The summed E-state index contributed by atoms with van der Waals surface area (Å²) in [6.07, 6.45) is -2.73. The molecule has 0 saturated carbocycles. The van der Waals surface area contributed by atoms with Gasteiger partial charge in [-0.05, 0) is 32.1 Å². The van der Waals surface area contributed by atoms with Gasteiger partial charge >= 0.3 is 6.03 Å². The van der Waals surface area contributed by atoms with Crippen LogP contribution in [0.5, 0.6) is 11.5 Å². The Morgan fingerprint density at radius 1 is 1.30 bits per heavy atom. The molecule has 0 spiro atoms. The van der Waals surface area contributed by atoms with Crippen molar-refractivity contribution >= 4 is 11.7 Å². The summed E-state index contributed by atoms with van der Waals surface area (Å²) in [5.74, 6) is 1.27. The predicted octanol–water partition coefficient (Wildman–Crippen LogP) is -0.736. The van der Waals surface area contributed by atoms with Crippen LogP contribution in [0.3, 0.4) is 0 Å². The molecule has 1 aromatic carbocycles. The zero-order valence-corrected chi connectivity index (χ0v) is 15.1. The van der Waals surface area contributed by atoms with E-state index in [4.69, 9.17) is 19.9 Å². The molecule has 4 atom stereocenters. The number of ether oxygens (including phenoxy) is 3. The van der Waals surface area contributed by atoms with Crippen LogP contribution in [0.4, 0.5) is 10.5 Å². The van der Waals surface area contributed by atoms with Gasteiger partial charge in [-0.2, -0.15) is 0 Å². The van der Waals surface area contributed by atoms with Crippen LogP contribution in [0.1, 0.15) is 6.42 Å². The van der Waals surface area contributed by atoms with Crippen molar-refractivity contribution in [3.05, 3.63) is 18.2 Å². The number of nitrogens with one attached hydrogen (secondary N) is 2. The average Bonchev–Trinajstić information content (AvgIpc) is 3.19. The number of amides is 2. The molecule has 6 N–H and O–H groups in total. The lowest BCUT2D eigenvalue weighted by Gasteiger charge is -2.22. The normalized spacial score (nSPS) is 26.4. The number of hydrogen-bond donors (Lipinski definition) is 5. The second-order valence-electron chi connectivity index (χ2n) is 6.69. The number of carbonyl (C=O) groups excluding carboxylic acids is 1. The molecule has 1 unspecified atom stereocenters. The lowest BCUT2D eigenvalue weighted by Crippen LogP contribution is -2.40. The van der Waals surface area contributed by atoms with E-state index >= 15 is 0 Å². The van der Waals surface area contributed by atoms with E-state index in [1.54, 1.807) is 18.2 Å². The molecular weight excluding hydrogens is 356 g/mol. The van der Waals surface area contributed by atoms with E-state index < -0.39 is 24.5 Å². The number of rotatable bonds is 7. The fourth-order valence-corrected chi connectivity index (χ4v) is 3.03. The maximum absolute atomic E-state index is 11.9. The van der Waals surface area contributed by atoms with Crippen molar-refractivity contribution in [3.8, 4) is 11.5 Å². The predicted molar refractivity (Wildman–Crippen MR) is 96.6 cm³/mol. The largest absolute Gasteiger partial charge is 0.454 e. The highest BCUT2D eigenvalue weighted by Crippen LogP contribution is 2.34. The number of aliphatic hydroxyl groups excluding tert-OH is 2. The van der Waals surface area contributed by atoms with Gasteiger partial charge in [-0.15, -0.1) is 0 Å². The molecule has 0 bridgehead atoms. The second kappa shape index (κ2) is 8.72. The van der Waals surface area contributed by atoms with E-state index in [9.17, 15) is 15.0 Å². The summed E-state index contributed by atoms with van der Waals surface area (Å²) in [5.41, 5.74) is 6.18. The summed E-state index contributed by atoms with van der Waals surface area (Å²) in [5, 5.41) is 25.0. The van der Waals surface area contributed by atoms with Crippen LogP contribution in [0.15, 0.2) is 18.2 Å². The van der Waals surface area contributed by atoms with E-state index in [-0.39, 0.29) is 12.8 Å². The third kappa shape index (κ3) is 4.99. The standard InChI is InChI=1S/C17H26N4O6/c1-21(8-13-14(22)15(23)16(18)27-13)6-2-5-19-17(24)20-10-3-4-11-12(7-10)26-9-25-11/h3-4,7,13-16,22-23H,2,5-6,8-9,18H2,1H3,(H2,19,20,24)/t13?,14-,15-,16-/m1/s1. The first-order chi connectivity index (χ1) is 12.9. The van der Waals surface area contributed by atoms with Gasteiger partial charge in [-0.1, -0.05) is 0 Å². The Morgan fingerprint density at radius 2 is 2.07 bits per heavy atom. The van der Waals surface area contributed by atoms with Crippen LogP contribution < -0.4 is 25.8 Å². The molecule has 10 heteroatoms. The maximum atomic E-state index is 11.9. The molecule has 10 nitrogen and oxygen atoms in total. The molecular formula is C17H26N4O6. The SMILES string of the molecule is CN(CCCNC(=O)Nc1ccc2c(c1)OCO2)CC1O[C@@H](N)[C@H](O)[C@@H]1O. The number of benzene rings is 1. The zero-order chi connectivity index (χ0) is 19.4. The van der Waals surface area contributed by atoms with Crippen molar-refractivity contribution in [2.24, 2.45) is 5.73 Å². The summed E-state index contributed by atoms with van der Waals surface area (Å²) >= 11 is 0. The summed E-state index contributed by atoms with van der Waals surface area (Å²) < 4.78 is 15.8. The molecule has 1 saturated heterocycles. The quantitative estimate of drug-likeness (QED) is 0.389. The van der Waals surface area contributed by atoms with Gasteiger partial charge in [0.1, 0.15) is 24.5 Å². The Bertz CT molecular complexity index is 660. The number of aliphatic hydroxyl groups is 2. The third-order valence-electron chi connectivity index (χ3n) is 4.52. The van der Waals surface area contributed by atoms with Gasteiger partial charge in [-0.25, -0.2) is 4.79 Å². The molecule has 0 aromatic heterocycles. The maximum Gasteiger partial charge on any atom is 0.319 e. The Morgan fingerprint density at radius 3 is 2.81 bits per heavy atom. The Labute approximate surface area is 157 Å². The number of likely N-dealkylation sites (N-methyl/N-ethyl adjacent to an activating group) is 1. The Balaban J connectivity index is 1.32. The van der Waals surface area contributed by atoms with Gasteiger partial charge in [0.15, 0.2) is 11.5 Å². The number of anilines is 1. The lowest BCUT2D eigenvalue weighted by molar-refractivity contribution is -0.00481. The molecule has 1 aromatic rings. The lowest BCUT2D eigenvalue weighted by atomic mass is 10.1. The fourth-order valence-electron chi connectivity index (χ4n) is 3.03. The number of nitrogens with two attached hydrogens (primary N) is 1. The summed E-state index contributed by atoms with van der Waals surface area (Å²) in [6.45, 7) is 1.79. The highest BCUT2D eigenvalue weighted by molar-refractivity contribution is 5.89. The number of fused-ring (bicyclic) bond motifs is 1. The number of carbonyl (C=O) groups is 1. The molecule has 0 radical (unpaired) electrons. The van der Waals surface area contributed by atoms with Gasteiger partial charge in [0.05, 0.1) is 0 Å².